The van der Waals surface area contributed by atoms with Crippen LogP contribution in [-0.2, 0) is 0 Å². The van der Waals surface area contributed by atoms with Gasteiger partial charge < -0.3 is 9.73 Å². The standard InChI is InChI=1S/C9H16N2O/c1-3-4-10-5-8(2)9-6-11-7-12-9/h6-8,10H,3-5H2,1-2H3. The maximum atomic E-state index is 5.17. The van der Waals surface area contributed by atoms with Crippen molar-refractivity contribution in [3.05, 3.63) is 18.4 Å². The van der Waals surface area contributed by atoms with Crippen LogP contribution in [0, 0.1) is 0 Å². The Kier molecular flexibility index (Phi) is 3.80. The van der Waals surface area contributed by atoms with Crippen molar-refractivity contribution >= 4 is 0 Å². The maximum Gasteiger partial charge on any atom is 0.180 e. The van der Waals surface area contributed by atoms with E-state index >= 15 is 0 Å². The minimum atomic E-state index is 0.416. The number of hydrogen-bond donors (Lipinski definition) is 1. The molecule has 3 heteroatoms. The summed E-state index contributed by atoms with van der Waals surface area (Å²) in [5.41, 5.74) is 0. The molecule has 1 N–H and O–H groups in total. The van der Waals surface area contributed by atoms with Gasteiger partial charge in [-0.05, 0) is 13.0 Å². The van der Waals surface area contributed by atoms with Crippen molar-refractivity contribution in [1.29, 1.82) is 0 Å². The number of oxazole rings is 1. The van der Waals surface area contributed by atoms with Gasteiger partial charge in [-0.3, -0.25) is 0 Å². The van der Waals surface area contributed by atoms with E-state index in [1.807, 2.05) is 0 Å². The number of nitrogens with zero attached hydrogens (tertiary/aromatic N) is 1. The third-order valence-corrected chi connectivity index (χ3v) is 1.81. The molecule has 0 aliphatic carbocycles. The molecule has 0 aromatic carbocycles. The summed E-state index contributed by atoms with van der Waals surface area (Å²) in [7, 11) is 0. The summed E-state index contributed by atoms with van der Waals surface area (Å²) >= 11 is 0. The van der Waals surface area contributed by atoms with Gasteiger partial charge in [0.25, 0.3) is 0 Å². The summed E-state index contributed by atoms with van der Waals surface area (Å²) in [5.74, 6) is 1.37. The van der Waals surface area contributed by atoms with E-state index in [0.29, 0.717) is 5.92 Å². The molecule has 1 aromatic heterocycles. The van der Waals surface area contributed by atoms with Crippen LogP contribution in [0.15, 0.2) is 17.0 Å². The van der Waals surface area contributed by atoms with Crippen molar-refractivity contribution < 1.29 is 4.42 Å². The second-order valence-electron chi connectivity index (χ2n) is 3.01. The normalized spacial score (nSPS) is 13.2. The Labute approximate surface area is 73.2 Å². The van der Waals surface area contributed by atoms with E-state index in [4.69, 9.17) is 4.42 Å². The number of aromatic nitrogens is 1. The van der Waals surface area contributed by atoms with E-state index in [2.05, 4.69) is 24.1 Å². The van der Waals surface area contributed by atoms with Crippen molar-refractivity contribution in [2.45, 2.75) is 26.2 Å². The van der Waals surface area contributed by atoms with Gasteiger partial charge in [-0.1, -0.05) is 13.8 Å². The fourth-order valence-electron chi connectivity index (χ4n) is 1.06. The van der Waals surface area contributed by atoms with E-state index in [1.54, 1.807) is 6.20 Å². The minimum absolute atomic E-state index is 0.416. The van der Waals surface area contributed by atoms with Gasteiger partial charge in [-0.25, -0.2) is 4.98 Å². The zero-order chi connectivity index (χ0) is 8.81. The van der Waals surface area contributed by atoms with Crippen molar-refractivity contribution in [3.8, 4) is 0 Å². The summed E-state index contributed by atoms with van der Waals surface area (Å²) in [6, 6.07) is 0. The van der Waals surface area contributed by atoms with Crippen LogP contribution in [-0.4, -0.2) is 18.1 Å². The third kappa shape index (κ3) is 2.66. The van der Waals surface area contributed by atoms with Crippen LogP contribution in [0.4, 0.5) is 0 Å². The van der Waals surface area contributed by atoms with Gasteiger partial charge in [0.15, 0.2) is 6.39 Å². The van der Waals surface area contributed by atoms with Crippen molar-refractivity contribution in [2.75, 3.05) is 13.1 Å². The highest BCUT2D eigenvalue weighted by molar-refractivity contribution is 4.97. The Balaban J connectivity index is 2.25. The molecule has 0 fully saturated rings. The van der Waals surface area contributed by atoms with Gasteiger partial charge in [0.1, 0.15) is 5.76 Å². The van der Waals surface area contributed by atoms with Crippen LogP contribution in [0.2, 0.25) is 0 Å². The Morgan fingerprint density at radius 3 is 3.08 bits per heavy atom. The lowest BCUT2D eigenvalue weighted by atomic mass is 10.1. The first-order valence-corrected chi connectivity index (χ1v) is 4.43. The van der Waals surface area contributed by atoms with E-state index in [1.165, 1.54) is 12.8 Å². The van der Waals surface area contributed by atoms with Crippen LogP contribution in [0.5, 0.6) is 0 Å². The molecule has 1 atom stereocenters. The summed E-state index contributed by atoms with van der Waals surface area (Å²) in [5, 5.41) is 3.34. The molecule has 1 rings (SSSR count). The van der Waals surface area contributed by atoms with Gasteiger partial charge in [0, 0.05) is 12.5 Å². The molecular weight excluding hydrogens is 152 g/mol. The van der Waals surface area contributed by atoms with E-state index in [0.717, 1.165) is 18.8 Å². The molecule has 1 aromatic rings. The molecule has 3 nitrogen and oxygen atoms in total. The topological polar surface area (TPSA) is 38.1 Å². The first-order valence-electron chi connectivity index (χ1n) is 4.43. The first-order chi connectivity index (χ1) is 5.84. The fraction of sp³-hybridized carbons (Fsp3) is 0.667. The first kappa shape index (κ1) is 9.26. The molecule has 68 valence electrons. The van der Waals surface area contributed by atoms with Crippen LogP contribution < -0.4 is 5.32 Å². The fourth-order valence-corrected chi connectivity index (χ4v) is 1.06. The summed E-state index contributed by atoms with van der Waals surface area (Å²) < 4.78 is 5.17. The monoisotopic (exact) mass is 168 g/mol. The zero-order valence-electron chi connectivity index (χ0n) is 7.71. The van der Waals surface area contributed by atoms with Crippen LogP contribution >= 0.6 is 0 Å². The molecule has 0 amide bonds. The van der Waals surface area contributed by atoms with Gasteiger partial charge in [-0.2, -0.15) is 0 Å². The lowest BCUT2D eigenvalue weighted by Crippen LogP contribution is -2.20. The Bertz CT molecular complexity index is 196. The molecule has 0 radical (unpaired) electrons. The molecule has 0 bridgehead atoms. The number of rotatable bonds is 5. The van der Waals surface area contributed by atoms with Crippen LogP contribution in [0.25, 0.3) is 0 Å². The minimum Gasteiger partial charge on any atom is -0.448 e. The second-order valence-corrected chi connectivity index (χ2v) is 3.01. The van der Waals surface area contributed by atoms with Crippen LogP contribution in [0.1, 0.15) is 31.9 Å². The molecular formula is C9H16N2O. The van der Waals surface area contributed by atoms with Gasteiger partial charge in [0.2, 0.25) is 0 Å². The lowest BCUT2D eigenvalue weighted by Gasteiger charge is -2.07. The Morgan fingerprint density at radius 2 is 2.50 bits per heavy atom. The molecule has 1 heterocycles. The van der Waals surface area contributed by atoms with E-state index in [-0.39, 0.29) is 0 Å². The van der Waals surface area contributed by atoms with Crippen molar-refractivity contribution in [1.82, 2.24) is 10.3 Å². The predicted octanol–water partition coefficient (Wildman–Crippen LogP) is 1.78. The summed E-state index contributed by atoms with van der Waals surface area (Å²) in [4.78, 5) is 3.88. The van der Waals surface area contributed by atoms with Gasteiger partial charge in [-0.15, -0.1) is 0 Å². The van der Waals surface area contributed by atoms with E-state index < -0.39 is 0 Å². The molecule has 0 saturated heterocycles. The summed E-state index contributed by atoms with van der Waals surface area (Å²) in [6.07, 6.45) is 4.42. The molecule has 12 heavy (non-hydrogen) atoms. The number of nitrogens with one attached hydrogen (secondary N) is 1. The quantitative estimate of drug-likeness (QED) is 0.681. The average Bonchev–Trinajstić information content (AvgIpc) is 2.56. The SMILES string of the molecule is CCCNCC(C)c1cnco1. The molecule has 0 aliphatic heterocycles. The van der Waals surface area contributed by atoms with E-state index in [9.17, 15) is 0 Å². The molecule has 0 spiro atoms. The van der Waals surface area contributed by atoms with Crippen molar-refractivity contribution in [3.63, 3.8) is 0 Å². The highest BCUT2D eigenvalue weighted by Gasteiger charge is 2.07. The largest absolute Gasteiger partial charge is 0.448 e. The number of hydrogen-bond acceptors (Lipinski definition) is 3. The third-order valence-electron chi connectivity index (χ3n) is 1.81. The smallest absolute Gasteiger partial charge is 0.180 e. The van der Waals surface area contributed by atoms with Crippen LogP contribution in [0.3, 0.4) is 0 Å². The zero-order valence-corrected chi connectivity index (χ0v) is 7.71. The highest BCUT2D eigenvalue weighted by atomic mass is 16.3. The second kappa shape index (κ2) is 4.93. The predicted molar refractivity (Wildman–Crippen MR) is 48.1 cm³/mol. The molecule has 0 aliphatic rings. The lowest BCUT2D eigenvalue weighted by molar-refractivity contribution is 0.456. The Morgan fingerprint density at radius 1 is 1.67 bits per heavy atom. The maximum absolute atomic E-state index is 5.17. The Hall–Kier alpha value is -0.830. The molecule has 0 saturated carbocycles. The van der Waals surface area contributed by atoms with Crippen molar-refractivity contribution in [2.24, 2.45) is 0 Å². The van der Waals surface area contributed by atoms with Gasteiger partial charge in [0.05, 0.1) is 6.20 Å². The average molecular weight is 168 g/mol. The summed E-state index contributed by atoms with van der Waals surface area (Å²) in [6.45, 7) is 6.32. The highest BCUT2D eigenvalue weighted by Crippen LogP contribution is 2.11. The molecule has 1 unspecified atom stereocenters. The van der Waals surface area contributed by atoms with Gasteiger partial charge >= 0.3 is 0 Å².